The second kappa shape index (κ2) is 20.1. The molecule has 2 aromatic carbocycles. The van der Waals surface area contributed by atoms with Gasteiger partial charge in [-0.2, -0.15) is 0 Å². The third-order valence-electron chi connectivity index (χ3n) is 6.91. The van der Waals surface area contributed by atoms with Crippen molar-refractivity contribution in [2.45, 2.75) is 97.4 Å². The van der Waals surface area contributed by atoms with Gasteiger partial charge in [-0.15, -0.1) is 28.7 Å². The molecule has 2 aromatic rings. The molecule has 0 spiro atoms. The van der Waals surface area contributed by atoms with Crippen LogP contribution >= 0.6 is 40.3 Å². The highest BCUT2D eigenvalue weighted by atomic mass is 79.9. The summed E-state index contributed by atoms with van der Waals surface area (Å²) >= 11 is 8.27. The van der Waals surface area contributed by atoms with Gasteiger partial charge in [-0.3, -0.25) is 0 Å². The van der Waals surface area contributed by atoms with Crippen molar-refractivity contribution in [3.63, 3.8) is 0 Å². The summed E-state index contributed by atoms with van der Waals surface area (Å²) < 4.78 is 5.90. The van der Waals surface area contributed by atoms with Crippen LogP contribution in [0.15, 0.2) is 53.6 Å². The zero-order chi connectivity index (χ0) is 27.7. The van der Waals surface area contributed by atoms with Crippen molar-refractivity contribution in [3.8, 4) is 5.75 Å². The topological polar surface area (TPSA) is 53.6 Å². The molecule has 2 amide bonds. The number of carbonyl (C=O) groups is 1. The zero-order valence-corrected chi connectivity index (χ0v) is 27.5. The number of rotatable bonds is 18. The smallest absolute Gasteiger partial charge is 0.323 e. The lowest BCUT2D eigenvalue weighted by molar-refractivity contribution is 0.262. The summed E-state index contributed by atoms with van der Waals surface area (Å²) in [4.78, 5) is 16.2. The number of amides is 2. The number of thioether (sulfide) groups is 1. The summed E-state index contributed by atoms with van der Waals surface area (Å²) in [7, 11) is 0. The van der Waals surface area contributed by atoms with Gasteiger partial charge >= 0.3 is 6.03 Å². The molecule has 0 aliphatic carbocycles. The fourth-order valence-electron chi connectivity index (χ4n) is 4.71. The molecule has 0 fully saturated rings. The Kier molecular flexibility index (Phi) is 17.3. The highest BCUT2D eigenvalue weighted by molar-refractivity contribution is 8.93. The lowest BCUT2D eigenvalue weighted by Crippen LogP contribution is -2.21. The molecular formula is C32H47BrClN3O2S. The van der Waals surface area contributed by atoms with Crippen LogP contribution in [-0.2, 0) is 6.54 Å². The van der Waals surface area contributed by atoms with Crippen molar-refractivity contribution in [2.75, 3.05) is 23.1 Å². The number of unbranched alkanes of at least 4 members (excludes halogenated alkanes) is 11. The maximum Gasteiger partial charge on any atom is 0.323 e. The van der Waals surface area contributed by atoms with Crippen LogP contribution in [0.2, 0.25) is 5.02 Å². The third-order valence-corrected chi connectivity index (χ3v) is 8.22. The summed E-state index contributed by atoms with van der Waals surface area (Å²) in [6.45, 7) is 5.79. The largest absolute Gasteiger partial charge is 0.492 e. The first-order valence-corrected chi connectivity index (χ1v) is 16.0. The number of para-hydroxylation sites is 1. The van der Waals surface area contributed by atoms with E-state index in [0.29, 0.717) is 23.1 Å². The van der Waals surface area contributed by atoms with Crippen LogP contribution in [0, 0.1) is 0 Å². The fourth-order valence-corrected chi connectivity index (χ4v) is 5.71. The normalized spacial score (nSPS) is 12.6. The van der Waals surface area contributed by atoms with Gasteiger partial charge in [0, 0.05) is 24.1 Å². The molecule has 3 rings (SSSR count). The number of anilines is 2. The number of nitrogens with one attached hydrogen (secondary N) is 2. The van der Waals surface area contributed by atoms with Gasteiger partial charge in [-0.25, -0.2) is 4.79 Å². The molecule has 40 heavy (non-hydrogen) atoms. The van der Waals surface area contributed by atoms with Gasteiger partial charge in [0.15, 0.2) is 0 Å². The maximum absolute atomic E-state index is 12.7. The Labute approximate surface area is 261 Å². The molecule has 0 bridgehead atoms. The number of nitrogens with zero attached hydrogens (tertiary/aromatic N) is 1. The summed E-state index contributed by atoms with van der Waals surface area (Å²) in [5.74, 6) is 1.58. The quantitative estimate of drug-likeness (QED) is 0.157. The van der Waals surface area contributed by atoms with Gasteiger partial charge < -0.3 is 20.3 Å². The highest BCUT2D eigenvalue weighted by Crippen LogP contribution is 2.29. The van der Waals surface area contributed by atoms with E-state index in [1.165, 1.54) is 75.5 Å². The number of carbonyl (C=O) groups excluding carboxylic acids is 1. The third kappa shape index (κ3) is 13.2. The molecule has 0 saturated carbocycles. The molecule has 222 valence electrons. The second-order valence-electron chi connectivity index (χ2n) is 10.4. The molecule has 0 aromatic heterocycles. The first kappa shape index (κ1) is 34.4. The van der Waals surface area contributed by atoms with E-state index in [0.717, 1.165) is 30.1 Å². The van der Waals surface area contributed by atoms with Gasteiger partial charge in [-0.05, 0) is 48.1 Å². The lowest BCUT2D eigenvalue weighted by Gasteiger charge is -2.18. The Morgan fingerprint density at radius 2 is 1.57 bits per heavy atom. The molecule has 2 N–H and O–H groups in total. The van der Waals surface area contributed by atoms with Crippen LogP contribution in [0.3, 0.4) is 0 Å². The lowest BCUT2D eigenvalue weighted by atomic mass is 10.1. The number of hydrogen-bond acceptors (Lipinski definition) is 4. The predicted octanol–water partition coefficient (Wildman–Crippen LogP) is 11.0. The minimum absolute atomic E-state index is 0. The summed E-state index contributed by atoms with van der Waals surface area (Å²) in [5.41, 5.74) is 2.49. The first-order chi connectivity index (χ1) is 19.0. The van der Waals surface area contributed by atoms with Crippen LogP contribution in [0.4, 0.5) is 16.2 Å². The maximum atomic E-state index is 12.7. The van der Waals surface area contributed by atoms with Gasteiger partial charge in [0.25, 0.3) is 0 Å². The molecule has 0 saturated heterocycles. The van der Waals surface area contributed by atoms with E-state index < -0.39 is 0 Å². The van der Waals surface area contributed by atoms with Crippen molar-refractivity contribution in [1.29, 1.82) is 0 Å². The molecule has 1 aliphatic heterocycles. The van der Waals surface area contributed by atoms with Crippen molar-refractivity contribution in [1.82, 2.24) is 4.90 Å². The van der Waals surface area contributed by atoms with Gasteiger partial charge in [0.1, 0.15) is 5.75 Å². The van der Waals surface area contributed by atoms with Crippen LogP contribution in [0.1, 0.15) is 96.5 Å². The van der Waals surface area contributed by atoms with Crippen molar-refractivity contribution < 1.29 is 9.53 Å². The minimum atomic E-state index is -0.300. The SMILES string of the molecule is Br.CCCCCCCCCCCCCCOc1ccc(NC(=O)Nc2ccccc2CN2C=C(C)SC2)cc1Cl. The number of allylic oxidation sites excluding steroid dienone is 1. The predicted molar refractivity (Wildman–Crippen MR) is 179 cm³/mol. The van der Waals surface area contributed by atoms with Crippen LogP contribution in [0.5, 0.6) is 5.75 Å². The summed E-state index contributed by atoms with van der Waals surface area (Å²) in [5, 5.41) is 6.36. The summed E-state index contributed by atoms with van der Waals surface area (Å²) in [6.07, 6.45) is 18.0. The van der Waals surface area contributed by atoms with Crippen molar-refractivity contribution in [3.05, 3.63) is 64.2 Å². The standard InChI is InChI=1S/C32H46ClN3O2S.BrH/c1-3-4-5-6-7-8-9-10-11-12-13-16-21-38-31-20-19-28(22-29(31)33)34-32(37)35-30-18-15-14-17-27(30)24-36-23-26(2)39-25-36;/h14-15,17-20,22-23H,3-13,16,21,24-25H2,1-2H3,(H2,34,35,37);1H. The summed E-state index contributed by atoms with van der Waals surface area (Å²) in [6, 6.07) is 13.0. The van der Waals surface area contributed by atoms with Crippen LogP contribution < -0.4 is 15.4 Å². The Morgan fingerprint density at radius 3 is 2.20 bits per heavy atom. The first-order valence-electron chi connectivity index (χ1n) is 14.7. The Morgan fingerprint density at radius 1 is 0.925 bits per heavy atom. The molecule has 8 heteroatoms. The second-order valence-corrected chi connectivity index (χ2v) is 12.0. The van der Waals surface area contributed by atoms with E-state index >= 15 is 0 Å². The number of ether oxygens (including phenoxy) is 1. The van der Waals surface area contributed by atoms with Gasteiger partial charge in [-0.1, -0.05) is 107 Å². The van der Waals surface area contributed by atoms with Crippen LogP contribution in [0.25, 0.3) is 0 Å². The molecule has 1 heterocycles. The number of hydrogen-bond donors (Lipinski definition) is 2. The van der Waals surface area contributed by atoms with Crippen molar-refractivity contribution >= 4 is 57.8 Å². The zero-order valence-electron chi connectivity index (χ0n) is 24.2. The van der Waals surface area contributed by atoms with E-state index in [4.69, 9.17) is 16.3 Å². The average Bonchev–Trinajstić information content (AvgIpc) is 3.33. The molecule has 0 unspecified atom stereocenters. The molecule has 5 nitrogen and oxygen atoms in total. The minimum Gasteiger partial charge on any atom is -0.492 e. The molecule has 1 aliphatic rings. The number of benzene rings is 2. The molecule has 0 atom stereocenters. The van der Waals surface area contributed by atoms with E-state index in [2.05, 4.69) is 35.6 Å². The van der Waals surface area contributed by atoms with E-state index in [9.17, 15) is 4.79 Å². The average molecular weight is 653 g/mol. The van der Waals surface area contributed by atoms with E-state index in [1.807, 2.05) is 48.2 Å². The monoisotopic (exact) mass is 651 g/mol. The highest BCUT2D eigenvalue weighted by Gasteiger charge is 2.14. The molecule has 0 radical (unpaired) electrons. The Hall–Kier alpha value is -1.83. The van der Waals surface area contributed by atoms with Gasteiger partial charge in [0.2, 0.25) is 0 Å². The fraction of sp³-hybridized carbons (Fsp3) is 0.531. The Balaban J connectivity index is 0.00000560. The van der Waals surface area contributed by atoms with Gasteiger partial charge in [0.05, 0.1) is 17.5 Å². The number of halogens is 2. The van der Waals surface area contributed by atoms with Crippen molar-refractivity contribution in [2.24, 2.45) is 0 Å². The van der Waals surface area contributed by atoms with Crippen LogP contribution in [-0.4, -0.2) is 23.4 Å². The van der Waals surface area contributed by atoms with E-state index in [-0.39, 0.29) is 23.0 Å². The molecular weight excluding hydrogens is 606 g/mol. The Bertz CT molecular complexity index is 1050. The number of urea groups is 1. The van der Waals surface area contributed by atoms with E-state index in [1.54, 1.807) is 6.07 Å².